The van der Waals surface area contributed by atoms with Gasteiger partial charge in [0.1, 0.15) is 11.4 Å². The minimum atomic E-state index is -1.03. The molecule has 2 aromatic heterocycles. The lowest BCUT2D eigenvalue weighted by atomic mass is 10.0. The van der Waals surface area contributed by atoms with Gasteiger partial charge in [-0.05, 0) is 37.1 Å². The Labute approximate surface area is 155 Å². The van der Waals surface area contributed by atoms with Crippen molar-refractivity contribution in [2.45, 2.75) is 18.9 Å². The van der Waals surface area contributed by atoms with Crippen LogP contribution in [0.15, 0.2) is 42.5 Å². The molecule has 0 atom stereocenters. The number of carboxylic acid groups (broad SMARTS) is 1. The molecule has 1 aromatic carbocycles. The maximum absolute atomic E-state index is 12.8. The number of H-pyrrole nitrogens is 1. The smallest absolute Gasteiger partial charge is 0.404 e. The highest BCUT2D eigenvalue weighted by Crippen LogP contribution is 2.20. The fourth-order valence-corrected chi connectivity index (χ4v) is 3.32. The van der Waals surface area contributed by atoms with Crippen LogP contribution in [0.4, 0.5) is 4.79 Å². The van der Waals surface area contributed by atoms with Gasteiger partial charge in [0, 0.05) is 19.1 Å². The van der Waals surface area contributed by atoms with E-state index in [1.54, 1.807) is 17.0 Å². The zero-order valence-electron chi connectivity index (χ0n) is 14.6. The van der Waals surface area contributed by atoms with E-state index in [9.17, 15) is 9.59 Å². The van der Waals surface area contributed by atoms with E-state index in [4.69, 9.17) is 5.11 Å². The topological polar surface area (TPSA) is 111 Å². The Morgan fingerprint density at radius 1 is 1.07 bits per heavy atom. The zero-order valence-corrected chi connectivity index (χ0v) is 14.6. The summed E-state index contributed by atoms with van der Waals surface area (Å²) in [5.74, 6) is 0.469. The van der Waals surface area contributed by atoms with Crippen molar-refractivity contribution >= 4 is 23.0 Å². The largest absolute Gasteiger partial charge is 0.465 e. The Morgan fingerprint density at radius 3 is 2.59 bits per heavy atom. The molecule has 1 aliphatic rings. The van der Waals surface area contributed by atoms with E-state index < -0.39 is 6.09 Å². The summed E-state index contributed by atoms with van der Waals surface area (Å²) in [5.41, 5.74) is 2.73. The molecule has 27 heavy (non-hydrogen) atoms. The van der Waals surface area contributed by atoms with Gasteiger partial charge in [0.15, 0.2) is 5.82 Å². The molecular weight excluding hydrogens is 346 g/mol. The molecule has 0 saturated carbocycles. The number of rotatable bonds is 3. The molecule has 1 aliphatic heterocycles. The summed E-state index contributed by atoms with van der Waals surface area (Å²) in [6.45, 7) is 1.00. The van der Waals surface area contributed by atoms with Crippen molar-refractivity contribution in [2.24, 2.45) is 0 Å². The Morgan fingerprint density at radius 2 is 1.85 bits per heavy atom. The summed E-state index contributed by atoms with van der Waals surface area (Å²) < 4.78 is 0. The number of para-hydroxylation sites is 2. The highest BCUT2D eigenvalue weighted by atomic mass is 16.4. The number of fused-ring (bicyclic) bond motifs is 1. The summed E-state index contributed by atoms with van der Waals surface area (Å²) >= 11 is 0. The fourth-order valence-electron chi connectivity index (χ4n) is 3.32. The maximum Gasteiger partial charge on any atom is 0.404 e. The van der Waals surface area contributed by atoms with Crippen LogP contribution in [0, 0.1) is 0 Å². The molecule has 2 amide bonds. The normalized spacial score (nSPS) is 15.0. The summed E-state index contributed by atoms with van der Waals surface area (Å²) in [4.78, 5) is 37.5. The quantitative estimate of drug-likeness (QED) is 0.660. The van der Waals surface area contributed by atoms with E-state index >= 15 is 0 Å². The lowest BCUT2D eigenvalue weighted by Crippen LogP contribution is -2.46. The van der Waals surface area contributed by atoms with Crippen LogP contribution >= 0.6 is 0 Å². The van der Waals surface area contributed by atoms with Gasteiger partial charge in [-0.25, -0.2) is 14.8 Å². The molecule has 1 fully saturated rings. The summed E-state index contributed by atoms with van der Waals surface area (Å²) in [5, 5.41) is 11.3. The molecule has 0 bridgehead atoms. The average Bonchev–Trinajstić information content (AvgIpc) is 3.12. The van der Waals surface area contributed by atoms with Crippen LogP contribution in [-0.4, -0.2) is 56.1 Å². The highest BCUT2D eigenvalue weighted by molar-refractivity contribution is 5.93. The van der Waals surface area contributed by atoms with Crippen molar-refractivity contribution in [3.63, 3.8) is 0 Å². The molecule has 1 saturated heterocycles. The third-order valence-corrected chi connectivity index (χ3v) is 4.71. The van der Waals surface area contributed by atoms with Gasteiger partial charge in [0.25, 0.3) is 5.91 Å². The number of nitrogens with zero attached hydrogens (tertiary/aromatic N) is 3. The van der Waals surface area contributed by atoms with Crippen molar-refractivity contribution < 1.29 is 14.7 Å². The van der Waals surface area contributed by atoms with Gasteiger partial charge >= 0.3 is 6.09 Å². The van der Waals surface area contributed by atoms with Crippen LogP contribution in [-0.2, 0) is 0 Å². The third-order valence-electron chi connectivity index (χ3n) is 4.71. The number of nitrogens with one attached hydrogen (secondary N) is 2. The lowest BCUT2D eigenvalue weighted by Gasteiger charge is -2.31. The average molecular weight is 365 g/mol. The van der Waals surface area contributed by atoms with E-state index in [-0.39, 0.29) is 11.9 Å². The number of carbonyl (C=O) groups is 2. The number of pyridine rings is 1. The number of piperidine rings is 1. The summed E-state index contributed by atoms with van der Waals surface area (Å²) in [6.07, 6.45) is 0.169. The first kappa shape index (κ1) is 17.0. The van der Waals surface area contributed by atoms with Crippen molar-refractivity contribution in [1.29, 1.82) is 0 Å². The lowest BCUT2D eigenvalue weighted by molar-refractivity contribution is 0.0700. The predicted molar refractivity (Wildman–Crippen MR) is 99.4 cm³/mol. The molecule has 3 aromatic rings. The second-order valence-electron chi connectivity index (χ2n) is 6.53. The van der Waals surface area contributed by atoms with E-state index in [0.29, 0.717) is 43.1 Å². The molecular formula is C19H19N5O3. The Bertz CT molecular complexity index is 959. The summed E-state index contributed by atoms with van der Waals surface area (Å²) in [7, 11) is 0. The molecule has 0 radical (unpaired) electrons. The first-order chi connectivity index (χ1) is 13.1. The predicted octanol–water partition coefficient (Wildman–Crippen LogP) is 2.50. The SMILES string of the molecule is O=C(O)NC1CCN(C(=O)c2cccc(-c3nc4ccccc4[nH]3)n2)CC1. The van der Waals surface area contributed by atoms with E-state index in [0.717, 1.165) is 11.0 Å². The number of benzene rings is 1. The molecule has 3 heterocycles. The van der Waals surface area contributed by atoms with Gasteiger partial charge in [-0.15, -0.1) is 0 Å². The highest BCUT2D eigenvalue weighted by Gasteiger charge is 2.25. The molecule has 0 unspecified atom stereocenters. The van der Waals surface area contributed by atoms with E-state index in [1.807, 2.05) is 30.3 Å². The zero-order chi connectivity index (χ0) is 18.8. The number of amides is 2. The number of carbonyl (C=O) groups excluding carboxylic acids is 1. The van der Waals surface area contributed by atoms with Crippen LogP contribution in [0.25, 0.3) is 22.6 Å². The Kier molecular flexibility index (Phi) is 4.45. The molecule has 8 nitrogen and oxygen atoms in total. The van der Waals surface area contributed by atoms with Gasteiger partial charge in [-0.2, -0.15) is 0 Å². The third kappa shape index (κ3) is 3.59. The van der Waals surface area contributed by atoms with Crippen LogP contribution in [0.2, 0.25) is 0 Å². The van der Waals surface area contributed by atoms with Gasteiger partial charge in [-0.3, -0.25) is 4.79 Å². The minimum Gasteiger partial charge on any atom is -0.465 e. The van der Waals surface area contributed by atoms with Crippen LogP contribution < -0.4 is 5.32 Å². The number of aromatic nitrogens is 3. The van der Waals surface area contributed by atoms with Crippen molar-refractivity contribution in [3.8, 4) is 11.5 Å². The standard InChI is InChI=1S/C19H19N5O3/c25-18(24-10-8-12(9-11-24)20-19(26)27)16-7-3-6-15(21-16)17-22-13-4-1-2-5-14(13)23-17/h1-7,12,20H,8-11H2,(H,22,23)(H,26,27). The van der Waals surface area contributed by atoms with Crippen molar-refractivity contribution in [3.05, 3.63) is 48.2 Å². The minimum absolute atomic E-state index is 0.110. The second kappa shape index (κ2) is 7.06. The number of hydrogen-bond donors (Lipinski definition) is 3. The van der Waals surface area contributed by atoms with Crippen molar-refractivity contribution in [1.82, 2.24) is 25.2 Å². The van der Waals surface area contributed by atoms with Gasteiger partial charge < -0.3 is 20.3 Å². The number of hydrogen-bond acceptors (Lipinski definition) is 4. The van der Waals surface area contributed by atoms with E-state index in [1.165, 1.54) is 0 Å². The van der Waals surface area contributed by atoms with Gasteiger partial charge in [0.05, 0.1) is 11.0 Å². The molecule has 0 aliphatic carbocycles. The monoisotopic (exact) mass is 365 g/mol. The molecule has 138 valence electrons. The molecule has 3 N–H and O–H groups in total. The molecule has 8 heteroatoms. The van der Waals surface area contributed by atoms with Gasteiger partial charge in [0.2, 0.25) is 0 Å². The first-order valence-corrected chi connectivity index (χ1v) is 8.81. The van der Waals surface area contributed by atoms with Crippen LogP contribution in [0.5, 0.6) is 0 Å². The van der Waals surface area contributed by atoms with Crippen molar-refractivity contribution in [2.75, 3.05) is 13.1 Å². The first-order valence-electron chi connectivity index (χ1n) is 8.81. The maximum atomic E-state index is 12.8. The van der Waals surface area contributed by atoms with Crippen LogP contribution in [0.1, 0.15) is 23.3 Å². The number of aromatic amines is 1. The van der Waals surface area contributed by atoms with Crippen LogP contribution in [0.3, 0.4) is 0 Å². The fraction of sp³-hybridized carbons (Fsp3) is 0.263. The number of imidazole rings is 1. The van der Waals surface area contributed by atoms with Gasteiger partial charge in [-0.1, -0.05) is 18.2 Å². The second-order valence-corrected chi connectivity index (χ2v) is 6.53. The van der Waals surface area contributed by atoms with E-state index in [2.05, 4.69) is 20.3 Å². The Hall–Kier alpha value is -3.42. The summed E-state index contributed by atoms with van der Waals surface area (Å²) in [6, 6.07) is 12.9. The molecule has 0 spiro atoms. The Balaban J connectivity index is 1.50. The number of likely N-dealkylation sites (tertiary alicyclic amines) is 1. The molecule has 4 rings (SSSR count).